The van der Waals surface area contributed by atoms with Gasteiger partial charge in [-0.1, -0.05) is 57.8 Å². The maximum Gasteiger partial charge on any atom is 0.303 e. The number of hydrogen-bond donors (Lipinski definition) is 3. The molecule has 6 nitrogen and oxygen atoms in total. The molecule has 0 saturated heterocycles. The maximum absolute atomic E-state index is 10.6. The van der Waals surface area contributed by atoms with Gasteiger partial charge in [0.1, 0.15) is 0 Å². The molecule has 0 atom stereocenters. The average Bonchev–Trinajstić information content (AvgIpc) is 2.63. The minimum absolute atomic E-state index is 0.0202. The minimum atomic E-state index is -0.734. The number of carbonyl (C=O) groups is 3. The first-order valence-corrected chi connectivity index (χ1v) is 11.3. The summed E-state index contributed by atoms with van der Waals surface area (Å²) in [6.45, 7) is 4.53. The standard InChI is InChI=1S/C23H41O6/c1-23(17-11-5-2-8-14-20(24)25,18-12-6-3-9-15-21(26)27)19-13-7-4-10-16-22(28)29/h1-19H2,(H,24,25)(H,26,27)(H,28,29). The molecule has 0 fully saturated rings. The van der Waals surface area contributed by atoms with E-state index in [-0.39, 0.29) is 24.7 Å². The van der Waals surface area contributed by atoms with Crippen molar-refractivity contribution in [1.82, 2.24) is 0 Å². The fraction of sp³-hybridized carbons (Fsp3) is 0.826. The van der Waals surface area contributed by atoms with Crippen molar-refractivity contribution in [3.05, 3.63) is 6.92 Å². The van der Waals surface area contributed by atoms with Gasteiger partial charge in [0.2, 0.25) is 0 Å². The molecule has 1 radical (unpaired) electrons. The summed E-state index contributed by atoms with van der Waals surface area (Å²) in [5, 5.41) is 26.1. The lowest BCUT2D eigenvalue weighted by molar-refractivity contribution is -0.138. The van der Waals surface area contributed by atoms with Crippen LogP contribution in [0.3, 0.4) is 0 Å². The van der Waals surface area contributed by atoms with Gasteiger partial charge in [0.15, 0.2) is 0 Å². The molecule has 0 aromatic heterocycles. The van der Waals surface area contributed by atoms with E-state index in [1.54, 1.807) is 0 Å². The van der Waals surface area contributed by atoms with E-state index in [0.717, 1.165) is 96.3 Å². The van der Waals surface area contributed by atoms with Crippen molar-refractivity contribution in [2.45, 2.75) is 116 Å². The summed E-state index contributed by atoms with van der Waals surface area (Å²) in [6.07, 6.45) is 15.1. The first-order chi connectivity index (χ1) is 13.7. The summed E-state index contributed by atoms with van der Waals surface area (Å²) in [5.41, 5.74) is 0.0202. The molecule has 0 aliphatic carbocycles. The Balaban J connectivity index is 4.17. The third-order valence-electron chi connectivity index (χ3n) is 5.54. The van der Waals surface area contributed by atoms with E-state index in [4.69, 9.17) is 15.3 Å². The van der Waals surface area contributed by atoms with Gasteiger partial charge in [-0.15, -0.1) is 0 Å². The Morgan fingerprint density at radius 3 is 0.966 bits per heavy atom. The van der Waals surface area contributed by atoms with E-state index in [9.17, 15) is 14.4 Å². The van der Waals surface area contributed by atoms with Crippen molar-refractivity contribution in [3.8, 4) is 0 Å². The monoisotopic (exact) mass is 413 g/mol. The smallest absolute Gasteiger partial charge is 0.303 e. The van der Waals surface area contributed by atoms with E-state index in [0.29, 0.717) is 0 Å². The molecule has 0 aromatic rings. The lowest BCUT2D eigenvalue weighted by Gasteiger charge is -2.30. The van der Waals surface area contributed by atoms with Gasteiger partial charge in [-0.2, -0.15) is 0 Å². The Kier molecular flexibility index (Phi) is 16.3. The van der Waals surface area contributed by atoms with Crippen LogP contribution in [0.4, 0.5) is 0 Å². The van der Waals surface area contributed by atoms with Crippen LogP contribution in [0.15, 0.2) is 0 Å². The van der Waals surface area contributed by atoms with Gasteiger partial charge in [0.05, 0.1) is 0 Å². The van der Waals surface area contributed by atoms with Gasteiger partial charge in [0, 0.05) is 19.3 Å². The third-order valence-corrected chi connectivity index (χ3v) is 5.54. The van der Waals surface area contributed by atoms with Crippen molar-refractivity contribution >= 4 is 17.9 Å². The molecule has 0 aliphatic heterocycles. The molecule has 0 aromatic carbocycles. The molecule has 6 heteroatoms. The van der Waals surface area contributed by atoms with E-state index in [2.05, 4.69) is 6.92 Å². The number of carboxylic acid groups (broad SMARTS) is 3. The molecule has 3 N–H and O–H groups in total. The van der Waals surface area contributed by atoms with Crippen molar-refractivity contribution < 1.29 is 29.7 Å². The molecule has 0 saturated carbocycles. The topological polar surface area (TPSA) is 112 Å². The van der Waals surface area contributed by atoms with Crippen molar-refractivity contribution in [1.29, 1.82) is 0 Å². The van der Waals surface area contributed by atoms with Gasteiger partial charge in [-0.25, -0.2) is 0 Å². The van der Waals surface area contributed by atoms with Gasteiger partial charge in [-0.3, -0.25) is 14.4 Å². The maximum atomic E-state index is 10.6. The van der Waals surface area contributed by atoms with Crippen LogP contribution < -0.4 is 0 Å². The van der Waals surface area contributed by atoms with E-state index in [1.807, 2.05) is 0 Å². The van der Waals surface area contributed by atoms with E-state index >= 15 is 0 Å². The molecule has 0 aliphatic rings. The van der Waals surface area contributed by atoms with Crippen LogP contribution in [0.25, 0.3) is 0 Å². The highest BCUT2D eigenvalue weighted by atomic mass is 16.4. The predicted molar refractivity (Wildman–Crippen MR) is 114 cm³/mol. The molecule has 29 heavy (non-hydrogen) atoms. The molecule has 0 bridgehead atoms. The summed E-state index contributed by atoms with van der Waals surface area (Å²) in [4.78, 5) is 31.7. The summed E-state index contributed by atoms with van der Waals surface area (Å²) < 4.78 is 0. The summed E-state index contributed by atoms with van der Waals surface area (Å²) in [5.74, 6) is -2.20. The number of hydrogen-bond acceptors (Lipinski definition) is 3. The molecule has 0 amide bonds. The van der Waals surface area contributed by atoms with Crippen LogP contribution in [-0.2, 0) is 14.4 Å². The Morgan fingerprint density at radius 1 is 0.483 bits per heavy atom. The van der Waals surface area contributed by atoms with Crippen LogP contribution in [0, 0.1) is 12.3 Å². The lowest BCUT2D eigenvalue weighted by atomic mass is 9.75. The summed E-state index contributed by atoms with van der Waals surface area (Å²) in [6, 6.07) is 0. The van der Waals surface area contributed by atoms with Gasteiger partial charge in [-0.05, 0) is 50.9 Å². The molecular formula is C23H41O6. The van der Waals surface area contributed by atoms with Crippen LogP contribution in [0.1, 0.15) is 116 Å². The molecule has 169 valence electrons. The van der Waals surface area contributed by atoms with Crippen LogP contribution >= 0.6 is 0 Å². The zero-order chi connectivity index (χ0) is 22.0. The van der Waals surface area contributed by atoms with Gasteiger partial charge in [0.25, 0.3) is 0 Å². The Labute approximate surface area is 176 Å². The second kappa shape index (κ2) is 17.3. The molecule has 0 rings (SSSR count). The lowest BCUT2D eigenvalue weighted by Crippen LogP contribution is -2.17. The van der Waals surface area contributed by atoms with Crippen LogP contribution in [-0.4, -0.2) is 33.2 Å². The normalized spacial score (nSPS) is 11.5. The predicted octanol–water partition coefficient (Wildman–Crippen LogP) is 6.08. The molecular weight excluding hydrogens is 372 g/mol. The molecule has 0 heterocycles. The number of carboxylic acids is 3. The average molecular weight is 414 g/mol. The second-order valence-corrected chi connectivity index (χ2v) is 8.42. The summed E-state index contributed by atoms with van der Waals surface area (Å²) >= 11 is 0. The van der Waals surface area contributed by atoms with E-state index in [1.165, 1.54) is 0 Å². The Morgan fingerprint density at radius 2 is 0.724 bits per heavy atom. The van der Waals surface area contributed by atoms with Crippen molar-refractivity contribution in [2.75, 3.05) is 0 Å². The SMILES string of the molecule is [CH2]C(CCCCCCC(=O)O)(CCCCCCC(=O)O)CCCCCCC(=O)O. The first kappa shape index (κ1) is 27.4. The fourth-order valence-electron chi connectivity index (χ4n) is 3.76. The number of rotatable bonds is 21. The van der Waals surface area contributed by atoms with Crippen molar-refractivity contribution in [3.63, 3.8) is 0 Å². The zero-order valence-corrected chi connectivity index (χ0v) is 18.0. The fourth-order valence-corrected chi connectivity index (χ4v) is 3.76. The summed E-state index contributed by atoms with van der Waals surface area (Å²) in [7, 11) is 0. The number of aliphatic carboxylic acids is 3. The highest BCUT2D eigenvalue weighted by molar-refractivity contribution is 5.67. The Bertz CT molecular complexity index is 396. The largest absolute Gasteiger partial charge is 0.481 e. The quantitative estimate of drug-likeness (QED) is 0.197. The Hall–Kier alpha value is -1.59. The van der Waals surface area contributed by atoms with E-state index < -0.39 is 17.9 Å². The van der Waals surface area contributed by atoms with Gasteiger partial charge >= 0.3 is 17.9 Å². The molecule has 0 spiro atoms. The molecule has 0 unspecified atom stereocenters. The highest BCUT2D eigenvalue weighted by Crippen LogP contribution is 2.36. The zero-order valence-electron chi connectivity index (χ0n) is 18.0. The van der Waals surface area contributed by atoms with Crippen molar-refractivity contribution in [2.24, 2.45) is 5.41 Å². The van der Waals surface area contributed by atoms with Crippen LogP contribution in [0.5, 0.6) is 0 Å². The second-order valence-electron chi connectivity index (χ2n) is 8.42. The van der Waals surface area contributed by atoms with Crippen LogP contribution in [0.2, 0.25) is 0 Å². The minimum Gasteiger partial charge on any atom is -0.481 e. The van der Waals surface area contributed by atoms with Gasteiger partial charge < -0.3 is 15.3 Å². The number of unbranched alkanes of at least 4 members (excludes halogenated alkanes) is 9. The third kappa shape index (κ3) is 19.5. The first-order valence-electron chi connectivity index (χ1n) is 11.3. The highest BCUT2D eigenvalue weighted by Gasteiger charge is 2.23.